The molecule has 1 unspecified atom stereocenters. The van der Waals surface area contributed by atoms with Crippen LogP contribution < -0.4 is 14.8 Å². The highest BCUT2D eigenvalue weighted by molar-refractivity contribution is 9.10. The molecule has 0 aliphatic carbocycles. The Kier molecular flexibility index (Phi) is 5.67. The molecule has 0 spiro atoms. The molecular formula is C14H18BrNO4. The van der Waals surface area contributed by atoms with Crippen LogP contribution in [-0.2, 0) is 16.0 Å². The van der Waals surface area contributed by atoms with Crippen LogP contribution in [-0.4, -0.2) is 44.2 Å². The Morgan fingerprint density at radius 1 is 1.40 bits per heavy atom. The molecule has 6 heteroatoms. The third-order valence-electron chi connectivity index (χ3n) is 2.98. The molecule has 2 rings (SSSR count). The molecule has 1 aromatic rings. The van der Waals surface area contributed by atoms with E-state index in [1.54, 1.807) is 0 Å². The number of fused-ring (bicyclic) bond motifs is 1. The van der Waals surface area contributed by atoms with Gasteiger partial charge in [-0.15, -0.1) is 0 Å². The number of halogens is 1. The fourth-order valence-electron chi connectivity index (χ4n) is 1.92. The van der Waals surface area contributed by atoms with Gasteiger partial charge in [-0.25, -0.2) is 0 Å². The quantitative estimate of drug-likeness (QED) is 0.482. The van der Waals surface area contributed by atoms with Crippen molar-refractivity contribution in [2.75, 3.05) is 33.4 Å². The predicted octanol–water partition coefficient (Wildman–Crippen LogP) is 1.53. The minimum absolute atomic E-state index is 0.267. The fourth-order valence-corrected chi connectivity index (χ4v) is 2.33. The third kappa shape index (κ3) is 4.11. The van der Waals surface area contributed by atoms with E-state index in [-0.39, 0.29) is 10.8 Å². The van der Waals surface area contributed by atoms with E-state index in [4.69, 9.17) is 9.47 Å². The summed E-state index contributed by atoms with van der Waals surface area (Å²) in [6.45, 7) is 2.52. The molecule has 0 bridgehead atoms. The summed E-state index contributed by atoms with van der Waals surface area (Å²) in [4.78, 5) is 10.9. The summed E-state index contributed by atoms with van der Waals surface area (Å²) in [6.07, 6.45) is 0.859. The van der Waals surface area contributed by atoms with Crippen LogP contribution in [0.1, 0.15) is 5.56 Å². The number of hydrogen-bond donors (Lipinski definition) is 1. The molecule has 20 heavy (non-hydrogen) atoms. The SMILES string of the molecule is COC(=O)C(Br)CNCCc1ccc2c(c1)OCCO2. The highest BCUT2D eigenvalue weighted by Crippen LogP contribution is 2.30. The lowest BCUT2D eigenvalue weighted by Crippen LogP contribution is -2.30. The van der Waals surface area contributed by atoms with Gasteiger partial charge in [-0.05, 0) is 30.7 Å². The Labute approximate surface area is 126 Å². The van der Waals surface area contributed by atoms with Crippen LogP contribution in [0.2, 0.25) is 0 Å². The van der Waals surface area contributed by atoms with Crippen molar-refractivity contribution < 1.29 is 19.0 Å². The summed E-state index contributed by atoms with van der Waals surface area (Å²) in [5.41, 5.74) is 1.17. The fraction of sp³-hybridized carbons (Fsp3) is 0.500. The van der Waals surface area contributed by atoms with Crippen molar-refractivity contribution >= 4 is 21.9 Å². The number of rotatable bonds is 6. The van der Waals surface area contributed by atoms with Gasteiger partial charge >= 0.3 is 5.97 Å². The van der Waals surface area contributed by atoms with Crippen LogP contribution in [0.5, 0.6) is 11.5 Å². The smallest absolute Gasteiger partial charge is 0.320 e. The lowest BCUT2D eigenvalue weighted by molar-refractivity contribution is -0.139. The highest BCUT2D eigenvalue weighted by Gasteiger charge is 2.14. The number of carbonyl (C=O) groups excluding carboxylic acids is 1. The minimum Gasteiger partial charge on any atom is -0.486 e. The number of ether oxygens (including phenoxy) is 3. The number of hydrogen-bond acceptors (Lipinski definition) is 5. The van der Waals surface area contributed by atoms with Crippen molar-refractivity contribution in [2.24, 2.45) is 0 Å². The molecule has 0 aromatic heterocycles. The first kappa shape index (κ1) is 15.1. The number of benzene rings is 1. The van der Waals surface area contributed by atoms with E-state index in [1.165, 1.54) is 12.7 Å². The molecule has 0 saturated heterocycles. The van der Waals surface area contributed by atoms with Crippen molar-refractivity contribution in [1.82, 2.24) is 5.32 Å². The molecule has 0 saturated carbocycles. The van der Waals surface area contributed by atoms with Gasteiger partial charge in [-0.1, -0.05) is 22.0 Å². The summed E-state index contributed by atoms with van der Waals surface area (Å²) in [7, 11) is 1.38. The number of carbonyl (C=O) groups is 1. The van der Waals surface area contributed by atoms with Crippen molar-refractivity contribution in [2.45, 2.75) is 11.2 Å². The summed E-state index contributed by atoms with van der Waals surface area (Å²) in [5.74, 6) is 1.35. The van der Waals surface area contributed by atoms with Gasteiger partial charge in [0.15, 0.2) is 11.5 Å². The Balaban J connectivity index is 1.76. The van der Waals surface area contributed by atoms with E-state index in [2.05, 4.69) is 26.0 Å². The topological polar surface area (TPSA) is 56.8 Å². The molecule has 1 aliphatic heterocycles. The molecule has 1 heterocycles. The maximum atomic E-state index is 11.2. The normalized spacial score (nSPS) is 14.7. The van der Waals surface area contributed by atoms with E-state index >= 15 is 0 Å². The van der Waals surface area contributed by atoms with Crippen LogP contribution in [0.3, 0.4) is 0 Å². The Morgan fingerprint density at radius 2 is 2.15 bits per heavy atom. The zero-order valence-corrected chi connectivity index (χ0v) is 12.9. The van der Waals surface area contributed by atoms with Gasteiger partial charge in [0.2, 0.25) is 0 Å². The Bertz CT molecular complexity index is 466. The van der Waals surface area contributed by atoms with Gasteiger partial charge in [-0.3, -0.25) is 4.79 Å². The van der Waals surface area contributed by atoms with Crippen molar-refractivity contribution in [3.63, 3.8) is 0 Å². The molecule has 1 aromatic carbocycles. The van der Waals surface area contributed by atoms with E-state index in [0.717, 1.165) is 24.5 Å². The molecule has 110 valence electrons. The molecule has 0 fully saturated rings. The lowest BCUT2D eigenvalue weighted by atomic mass is 10.1. The summed E-state index contributed by atoms with van der Waals surface area (Å²) in [5, 5.41) is 3.21. The van der Waals surface area contributed by atoms with Crippen LogP contribution in [0, 0.1) is 0 Å². The van der Waals surface area contributed by atoms with Crippen molar-refractivity contribution in [1.29, 1.82) is 0 Å². The Morgan fingerprint density at radius 3 is 2.90 bits per heavy atom. The third-order valence-corrected chi connectivity index (χ3v) is 3.68. The number of alkyl halides is 1. The maximum absolute atomic E-state index is 11.2. The van der Waals surface area contributed by atoms with Gasteiger partial charge < -0.3 is 19.5 Å². The monoisotopic (exact) mass is 343 g/mol. The molecule has 0 amide bonds. The Hall–Kier alpha value is -1.27. The van der Waals surface area contributed by atoms with Crippen molar-refractivity contribution in [3.05, 3.63) is 23.8 Å². The molecule has 0 radical (unpaired) electrons. The second-order valence-electron chi connectivity index (χ2n) is 4.42. The first-order valence-electron chi connectivity index (χ1n) is 6.52. The maximum Gasteiger partial charge on any atom is 0.320 e. The molecule has 1 aliphatic rings. The summed E-state index contributed by atoms with van der Waals surface area (Å²) >= 11 is 3.27. The van der Waals surface area contributed by atoms with Gasteiger partial charge in [0.1, 0.15) is 18.0 Å². The largest absolute Gasteiger partial charge is 0.486 e. The van der Waals surface area contributed by atoms with Gasteiger partial charge in [0, 0.05) is 6.54 Å². The second-order valence-corrected chi connectivity index (χ2v) is 5.53. The lowest BCUT2D eigenvalue weighted by Gasteiger charge is -2.19. The van der Waals surface area contributed by atoms with Crippen LogP contribution in [0.15, 0.2) is 18.2 Å². The van der Waals surface area contributed by atoms with Crippen LogP contribution in [0.25, 0.3) is 0 Å². The van der Waals surface area contributed by atoms with E-state index in [9.17, 15) is 4.79 Å². The van der Waals surface area contributed by atoms with E-state index in [1.807, 2.05) is 18.2 Å². The number of esters is 1. The van der Waals surface area contributed by atoms with Gasteiger partial charge in [0.05, 0.1) is 7.11 Å². The zero-order chi connectivity index (χ0) is 14.4. The molecule has 1 N–H and O–H groups in total. The van der Waals surface area contributed by atoms with Gasteiger partial charge in [-0.2, -0.15) is 0 Å². The van der Waals surface area contributed by atoms with E-state index in [0.29, 0.717) is 19.8 Å². The van der Waals surface area contributed by atoms with Crippen LogP contribution in [0.4, 0.5) is 0 Å². The second kappa shape index (κ2) is 7.50. The van der Waals surface area contributed by atoms with Gasteiger partial charge in [0.25, 0.3) is 0 Å². The number of nitrogens with one attached hydrogen (secondary N) is 1. The van der Waals surface area contributed by atoms with E-state index < -0.39 is 0 Å². The highest BCUT2D eigenvalue weighted by atomic mass is 79.9. The zero-order valence-electron chi connectivity index (χ0n) is 11.4. The van der Waals surface area contributed by atoms with Crippen molar-refractivity contribution in [3.8, 4) is 11.5 Å². The standard InChI is InChI=1S/C14H18BrNO4/c1-18-14(17)11(15)9-16-5-4-10-2-3-12-13(8-10)20-7-6-19-12/h2-3,8,11,16H,4-7,9H2,1H3. The molecule has 1 atom stereocenters. The summed E-state index contributed by atoms with van der Waals surface area (Å²) in [6, 6.07) is 5.97. The first-order valence-corrected chi connectivity index (χ1v) is 7.43. The average Bonchev–Trinajstić information content (AvgIpc) is 2.50. The predicted molar refractivity (Wildman–Crippen MR) is 78.7 cm³/mol. The molecule has 5 nitrogen and oxygen atoms in total. The number of methoxy groups -OCH3 is 1. The molecular weight excluding hydrogens is 326 g/mol. The summed E-state index contributed by atoms with van der Waals surface area (Å²) < 4.78 is 15.6. The average molecular weight is 344 g/mol. The first-order chi connectivity index (χ1) is 9.70. The van der Waals surface area contributed by atoms with Crippen LogP contribution >= 0.6 is 15.9 Å². The minimum atomic E-state index is -0.312.